The number of hydrogen-bond donors (Lipinski definition) is 1. The first-order chi connectivity index (χ1) is 5.75. The van der Waals surface area contributed by atoms with Gasteiger partial charge in [-0.2, -0.15) is 0 Å². The summed E-state index contributed by atoms with van der Waals surface area (Å²) in [6, 6.07) is -0.226. The minimum absolute atomic E-state index is 0.148. The number of piperidine rings is 1. The summed E-state index contributed by atoms with van der Waals surface area (Å²) in [6.07, 6.45) is 4.16. The van der Waals surface area contributed by atoms with Crippen LogP contribution >= 0.6 is 0 Å². The Balaban J connectivity index is 2.36. The number of rotatable bonds is 3. The fraction of sp³-hybridized carbons (Fsp3) is 0.889. The van der Waals surface area contributed by atoms with Crippen LogP contribution in [0.5, 0.6) is 0 Å². The molecule has 0 radical (unpaired) electrons. The number of carbonyl (C=O) groups is 1. The largest absolute Gasteiger partial charge is 0.341 e. The Hall–Kier alpha value is -0.570. The molecule has 3 nitrogen and oxygen atoms in total. The fourth-order valence-electron chi connectivity index (χ4n) is 1.54. The number of carbonyl (C=O) groups excluding carboxylic acids is 1. The standard InChI is InChI=1S/C9H18N2O/c1-2-3-6-11-7-4-5-8(10)9(11)12/h8H,2-7,10H2,1H3. The maximum Gasteiger partial charge on any atom is 0.239 e. The highest BCUT2D eigenvalue weighted by Crippen LogP contribution is 2.10. The highest BCUT2D eigenvalue weighted by Gasteiger charge is 2.24. The van der Waals surface area contributed by atoms with Gasteiger partial charge in [0.05, 0.1) is 6.04 Å². The second-order valence-electron chi connectivity index (χ2n) is 3.43. The van der Waals surface area contributed by atoms with Crippen LogP contribution in [-0.4, -0.2) is 29.9 Å². The topological polar surface area (TPSA) is 46.3 Å². The van der Waals surface area contributed by atoms with E-state index in [4.69, 9.17) is 5.73 Å². The molecule has 0 bridgehead atoms. The van der Waals surface area contributed by atoms with Gasteiger partial charge in [0.1, 0.15) is 0 Å². The van der Waals surface area contributed by atoms with Crippen LogP contribution in [0.1, 0.15) is 32.6 Å². The quantitative estimate of drug-likeness (QED) is 0.679. The predicted molar refractivity (Wildman–Crippen MR) is 48.7 cm³/mol. The molecule has 1 aliphatic rings. The molecule has 2 N–H and O–H groups in total. The molecule has 0 saturated carbocycles. The molecule has 0 spiro atoms. The van der Waals surface area contributed by atoms with Crippen molar-refractivity contribution in [1.29, 1.82) is 0 Å². The smallest absolute Gasteiger partial charge is 0.239 e. The van der Waals surface area contributed by atoms with Crippen molar-refractivity contribution < 1.29 is 4.79 Å². The zero-order valence-electron chi connectivity index (χ0n) is 7.75. The van der Waals surface area contributed by atoms with Crippen molar-refractivity contribution in [3.63, 3.8) is 0 Å². The van der Waals surface area contributed by atoms with E-state index in [1.54, 1.807) is 0 Å². The molecular weight excluding hydrogens is 152 g/mol. The van der Waals surface area contributed by atoms with Crippen molar-refractivity contribution >= 4 is 5.91 Å². The molecule has 1 aliphatic heterocycles. The first-order valence-electron chi connectivity index (χ1n) is 4.80. The predicted octanol–water partition coefficient (Wildman–Crippen LogP) is 0.736. The molecule has 12 heavy (non-hydrogen) atoms. The van der Waals surface area contributed by atoms with Crippen LogP contribution in [0.15, 0.2) is 0 Å². The number of nitrogens with zero attached hydrogens (tertiary/aromatic N) is 1. The summed E-state index contributed by atoms with van der Waals surface area (Å²) in [7, 11) is 0. The van der Waals surface area contributed by atoms with Crippen LogP contribution < -0.4 is 5.73 Å². The average Bonchev–Trinajstić information content (AvgIpc) is 2.08. The normalized spacial score (nSPS) is 24.7. The first kappa shape index (κ1) is 9.52. The van der Waals surface area contributed by atoms with Crippen molar-refractivity contribution in [2.75, 3.05) is 13.1 Å². The maximum atomic E-state index is 11.4. The van der Waals surface area contributed by atoms with E-state index in [0.717, 1.165) is 38.8 Å². The Labute approximate surface area is 73.9 Å². The van der Waals surface area contributed by atoms with E-state index >= 15 is 0 Å². The monoisotopic (exact) mass is 170 g/mol. The minimum Gasteiger partial charge on any atom is -0.341 e. The summed E-state index contributed by atoms with van der Waals surface area (Å²) in [5, 5.41) is 0. The molecule has 1 atom stereocenters. The number of hydrogen-bond acceptors (Lipinski definition) is 2. The molecule has 1 rings (SSSR count). The third kappa shape index (κ3) is 2.21. The van der Waals surface area contributed by atoms with Crippen molar-refractivity contribution in [3.05, 3.63) is 0 Å². The maximum absolute atomic E-state index is 11.4. The Morgan fingerprint density at radius 1 is 1.67 bits per heavy atom. The van der Waals surface area contributed by atoms with E-state index in [2.05, 4.69) is 6.92 Å². The van der Waals surface area contributed by atoms with Crippen molar-refractivity contribution in [1.82, 2.24) is 4.90 Å². The van der Waals surface area contributed by atoms with Gasteiger partial charge in [-0.05, 0) is 19.3 Å². The lowest BCUT2D eigenvalue weighted by Crippen LogP contribution is -2.48. The van der Waals surface area contributed by atoms with Gasteiger partial charge in [-0.25, -0.2) is 0 Å². The molecule has 1 saturated heterocycles. The van der Waals surface area contributed by atoms with E-state index < -0.39 is 0 Å². The molecule has 70 valence electrons. The summed E-state index contributed by atoms with van der Waals surface area (Å²) in [4.78, 5) is 13.3. The molecule has 1 amide bonds. The van der Waals surface area contributed by atoms with E-state index in [0.29, 0.717) is 0 Å². The van der Waals surface area contributed by atoms with E-state index in [-0.39, 0.29) is 11.9 Å². The summed E-state index contributed by atoms with van der Waals surface area (Å²) >= 11 is 0. The molecule has 0 aromatic carbocycles. The van der Waals surface area contributed by atoms with Crippen LogP contribution in [-0.2, 0) is 4.79 Å². The molecule has 1 fully saturated rings. The highest BCUT2D eigenvalue weighted by atomic mass is 16.2. The molecule has 0 aliphatic carbocycles. The van der Waals surface area contributed by atoms with Crippen LogP contribution in [0, 0.1) is 0 Å². The Kier molecular flexibility index (Phi) is 3.53. The van der Waals surface area contributed by atoms with Gasteiger partial charge in [-0.1, -0.05) is 13.3 Å². The van der Waals surface area contributed by atoms with Crippen molar-refractivity contribution in [2.24, 2.45) is 5.73 Å². The molecular formula is C9H18N2O. The second-order valence-corrected chi connectivity index (χ2v) is 3.43. The van der Waals surface area contributed by atoms with Crippen molar-refractivity contribution in [3.8, 4) is 0 Å². The molecule has 1 unspecified atom stereocenters. The van der Waals surface area contributed by atoms with Crippen LogP contribution in [0.3, 0.4) is 0 Å². The summed E-state index contributed by atoms with van der Waals surface area (Å²) in [5.41, 5.74) is 5.65. The van der Waals surface area contributed by atoms with Gasteiger partial charge in [-0.15, -0.1) is 0 Å². The zero-order chi connectivity index (χ0) is 8.97. The van der Waals surface area contributed by atoms with Gasteiger partial charge in [0.2, 0.25) is 5.91 Å². The average molecular weight is 170 g/mol. The molecule has 3 heteroatoms. The van der Waals surface area contributed by atoms with Crippen LogP contribution in [0.2, 0.25) is 0 Å². The van der Waals surface area contributed by atoms with E-state index in [9.17, 15) is 4.79 Å². The Bertz CT molecular complexity index is 159. The van der Waals surface area contributed by atoms with Crippen LogP contribution in [0.25, 0.3) is 0 Å². The van der Waals surface area contributed by atoms with E-state index in [1.807, 2.05) is 4.90 Å². The van der Waals surface area contributed by atoms with Gasteiger partial charge in [-0.3, -0.25) is 4.79 Å². The zero-order valence-corrected chi connectivity index (χ0v) is 7.75. The van der Waals surface area contributed by atoms with E-state index in [1.165, 1.54) is 0 Å². The lowest BCUT2D eigenvalue weighted by molar-refractivity contribution is -0.134. The SMILES string of the molecule is CCCCN1CCCC(N)C1=O. The Morgan fingerprint density at radius 3 is 3.08 bits per heavy atom. The van der Waals surface area contributed by atoms with Crippen LogP contribution in [0.4, 0.5) is 0 Å². The van der Waals surface area contributed by atoms with Gasteiger partial charge in [0, 0.05) is 13.1 Å². The summed E-state index contributed by atoms with van der Waals surface area (Å²) in [6.45, 7) is 3.93. The van der Waals surface area contributed by atoms with Gasteiger partial charge in [0.15, 0.2) is 0 Å². The summed E-state index contributed by atoms with van der Waals surface area (Å²) in [5.74, 6) is 0.148. The molecule has 0 aromatic rings. The summed E-state index contributed by atoms with van der Waals surface area (Å²) < 4.78 is 0. The molecule has 1 heterocycles. The lowest BCUT2D eigenvalue weighted by atomic mass is 10.1. The number of amides is 1. The fourth-order valence-corrected chi connectivity index (χ4v) is 1.54. The number of unbranched alkanes of at least 4 members (excludes halogenated alkanes) is 1. The number of likely N-dealkylation sites (tertiary alicyclic amines) is 1. The molecule has 0 aromatic heterocycles. The highest BCUT2D eigenvalue weighted by molar-refractivity contribution is 5.82. The van der Waals surface area contributed by atoms with Gasteiger partial charge in [0.25, 0.3) is 0 Å². The minimum atomic E-state index is -0.226. The first-order valence-corrected chi connectivity index (χ1v) is 4.80. The Morgan fingerprint density at radius 2 is 2.42 bits per heavy atom. The number of nitrogens with two attached hydrogens (primary N) is 1. The second kappa shape index (κ2) is 4.45. The van der Waals surface area contributed by atoms with Gasteiger partial charge >= 0.3 is 0 Å². The third-order valence-corrected chi connectivity index (χ3v) is 2.35. The van der Waals surface area contributed by atoms with Gasteiger partial charge < -0.3 is 10.6 Å². The van der Waals surface area contributed by atoms with Crippen molar-refractivity contribution in [2.45, 2.75) is 38.6 Å². The third-order valence-electron chi connectivity index (χ3n) is 2.35. The lowest BCUT2D eigenvalue weighted by Gasteiger charge is -2.30.